The highest BCUT2D eigenvalue weighted by Gasteiger charge is 2.36. The van der Waals surface area contributed by atoms with Gasteiger partial charge in [-0.3, -0.25) is 4.79 Å². The molecule has 0 aliphatic heterocycles. The smallest absolute Gasteiger partial charge is 0.225 e. The van der Waals surface area contributed by atoms with E-state index in [2.05, 4.69) is 24.3 Å². The first-order valence-electron chi connectivity index (χ1n) is 10.6. The fraction of sp³-hybridized carbons (Fsp3) is 0.360. The van der Waals surface area contributed by atoms with Crippen molar-refractivity contribution in [3.05, 3.63) is 71.3 Å². The normalized spacial score (nSPS) is 16.8. The van der Waals surface area contributed by atoms with Crippen molar-refractivity contribution >= 4 is 5.91 Å². The summed E-state index contributed by atoms with van der Waals surface area (Å²) in [5.74, 6) is 0.901. The minimum Gasteiger partial charge on any atom is -0.497 e. The van der Waals surface area contributed by atoms with Gasteiger partial charge in [-0.2, -0.15) is 5.10 Å². The lowest BCUT2D eigenvalue weighted by Crippen LogP contribution is -2.37. The van der Waals surface area contributed by atoms with Crippen LogP contribution in [0.1, 0.15) is 43.1 Å². The number of benzene rings is 2. The van der Waals surface area contributed by atoms with Gasteiger partial charge in [-0.1, -0.05) is 19.9 Å². The van der Waals surface area contributed by atoms with Gasteiger partial charge in [0.2, 0.25) is 5.91 Å². The molecule has 1 aromatic heterocycles. The number of ether oxygens (including phenoxy) is 2. The Morgan fingerprint density at radius 1 is 1.22 bits per heavy atom. The Hall–Kier alpha value is -3.35. The maximum atomic E-state index is 13.8. The van der Waals surface area contributed by atoms with Gasteiger partial charge in [0.15, 0.2) is 0 Å². The molecule has 1 aliphatic carbocycles. The van der Waals surface area contributed by atoms with Gasteiger partial charge in [0, 0.05) is 11.1 Å². The molecule has 0 saturated carbocycles. The molecule has 32 heavy (non-hydrogen) atoms. The molecule has 0 unspecified atom stereocenters. The van der Waals surface area contributed by atoms with E-state index in [1.807, 2.05) is 12.1 Å². The maximum Gasteiger partial charge on any atom is 0.225 e. The van der Waals surface area contributed by atoms with Crippen molar-refractivity contribution in [2.45, 2.75) is 39.2 Å². The number of hydrogen-bond acceptors (Lipinski definition) is 4. The van der Waals surface area contributed by atoms with Gasteiger partial charge in [-0.05, 0) is 54.7 Å². The van der Waals surface area contributed by atoms with Crippen molar-refractivity contribution in [1.29, 1.82) is 0 Å². The number of fused-ring (bicyclic) bond motifs is 1. The third kappa shape index (κ3) is 4.47. The SMILES string of the molecule is COc1ccc(OC)c(CC(=O)N[C@@H]2CC(C)(C)Cc3c2cnn3-c2cccc(F)c2)c1. The summed E-state index contributed by atoms with van der Waals surface area (Å²) in [4.78, 5) is 13.0. The molecule has 4 rings (SSSR count). The van der Waals surface area contributed by atoms with Gasteiger partial charge >= 0.3 is 0 Å². The Morgan fingerprint density at radius 3 is 2.75 bits per heavy atom. The van der Waals surface area contributed by atoms with E-state index in [-0.39, 0.29) is 29.6 Å². The van der Waals surface area contributed by atoms with Crippen LogP contribution in [0.4, 0.5) is 4.39 Å². The molecule has 0 fully saturated rings. The van der Waals surface area contributed by atoms with Crippen LogP contribution in [0.5, 0.6) is 11.5 Å². The van der Waals surface area contributed by atoms with Crippen molar-refractivity contribution in [2.75, 3.05) is 14.2 Å². The topological polar surface area (TPSA) is 65.4 Å². The number of rotatable bonds is 6. The van der Waals surface area contributed by atoms with Crippen LogP contribution in [0.3, 0.4) is 0 Å². The summed E-state index contributed by atoms with van der Waals surface area (Å²) in [6, 6.07) is 11.6. The number of carbonyl (C=O) groups is 1. The Morgan fingerprint density at radius 2 is 2.03 bits per heavy atom. The average molecular weight is 438 g/mol. The molecule has 6 nitrogen and oxygen atoms in total. The number of nitrogens with zero attached hydrogens (tertiary/aromatic N) is 2. The van der Waals surface area contributed by atoms with Crippen molar-refractivity contribution in [3.63, 3.8) is 0 Å². The molecule has 7 heteroatoms. The maximum absolute atomic E-state index is 13.8. The van der Waals surface area contributed by atoms with Crippen molar-refractivity contribution in [1.82, 2.24) is 15.1 Å². The Labute approximate surface area is 187 Å². The van der Waals surface area contributed by atoms with Crippen LogP contribution in [0.15, 0.2) is 48.7 Å². The molecule has 168 valence electrons. The van der Waals surface area contributed by atoms with Crippen LogP contribution in [0, 0.1) is 11.2 Å². The summed E-state index contributed by atoms with van der Waals surface area (Å²) in [7, 11) is 3.17. The molecule has 1 amide bonds. The predicted molar refractivity (Wildman–Crippen MR) is 120 cm³/mol. The summed E-state index contributed by atoms with van der Waals surface area (Å²) in [6.45, 7) is 4.34. The number of halogens is 1. The molecule has 1 atom stereocenters. The molecular weight excluding hydrogens is 409 g/mol. The number of methoxy groups -OCH3 is 2. The molecule has 1 aliphatic rings. The molecular formula is C25H28FN3O3. The van der Waals surface area contributed by atoms with Gasteiger partial charge in [-0.15, -0.1) is 0 Å². The fourth-order valence-electron chi connectivity index (χ4n) is 4.44. The van der Waals surface area contributed by atoms with Crippen LogP contribution >= 0.6 is 0 Å². The summed E-state index contributed by atoms with van der Waals surface area (Å²) in [6.07, 6.45) is 3.53. The first kappa shape index (κ1) is 21.9. The van der Waals surface area contributed by atoms with Gasteiger partial charge in [0.25, 0.3) is 0 Å². The fourth-order valence-corrected chi connectivity index (χ4v) is 4.44. The van der Waals surface area contributed by atoms with Crippen LogP contribution in [-0.4, -0.2) is 29.9 Å². The van der Waals surface area contributed by atoms with E-state index in [0.717, 1.165) is 29.7 Å². The first-order valence-corrected chi connectivity index (χ1v) is 10.6. The Kier molecular flexibility index (Phi) is 5.91. The van der Waals surface area contributed by atoms with E-state index in [0.29, 0.717) is 17.2 Å². The zero-order chi connectivity index (χ0) is 22.9. The molecule has 0 saturated heterocycles. The number of aromatic nitrogens is 2. The van der Waals surface area contributed by atoms with E-state index in [1.165, 1.54) is 12.1 Å². The monoisotopic (exact) mass is 437 g/mol. The summed E-state index contributed by atoms with van der Waals surface area (Å²) >= 11 is 0. The van der Waals surface area contributed by atoms with E-state index >= 15 is 0 Å². The quantitative estimate of drug-likeness (QED) is 0.621. The highest BCUT2D eigenvalue weighted by molar-refractivity contribution is 5.80. The summed E-state index contributed by atoms with van der Waals surface area (Å²) in [5, 5.41) is 7.71. The zero-order valence-corrected chi connectivity index (χ0v) is 18.8. The Bertz CT molecular complexity index is 1140. The number of nitrogens with one attached hydrogen (secondary N) is 1. The predicted octanol–water partition coefficient (Wildman–Crippen LogP) is 4.40. The molecule has 1 heterocycles. The lowest BCUT2D eigenvalue weighted by atomic mass is 9.74. The van der Waals surface area contributed by atoms with E-state index in [4.69, 9.17) is 9.47 Å². The van der Waals surface area contributed by atoms with Crippen LogP contribution < -0.4 is 14.8 Å². The van der Waals surface area contributed by atoms with Crippen LogP contribution in [0.25, 0.3) is 5.69 Å². The van der Waals surface area contributed by atoms with E-state index in [9.17, 15) is 9.18 Å². The minimum atomic E-state index is -0.307. The van der Waals surface area contributed by atoms with Crippen LogP contribution in [-0.2, 0) is 17.6 Å². The molecule has 3 aromatic rings. The zero-order valence-electron chi connectivity index (χ0n) is 18.8. The number of amides is 1. The summed E-state index contributed by atoms with van der Waals surface area (Å²) < 4.78 is 26.3. The minimum absolute atomic E-state index is 0.0519. The molecule has 0 spiro atoms. The third-order valence-corrected chi connectivity index (χ3v) is 5.91. The second-order valence-corrected chi connectivity index (χ2v) is 8.96. The average Bonchev–Trinajstić information content (AvgIpc) is 3.16. The second kappa shape index (κ2) is 8.65. The molecule has 0 bridgehead atoms. The largest absolute Gasteiger partial charge is 0.497 e. The second-order valence-electron chi connectivity index (χ2n) is 8.96. The lowest BCUT2D eigenvalue weighted by molar-refractivity contribution is -0.121. The van der Waals surface area contributed by atoms with Crippen molar-refractivity contribution < 1.29 is 18.7 Å². The molecule has 1 N–H and O–H groups in total. The van der Waals surface area contributed by atoms with Gasteiger partial charge in [-0.25, -0.2) is 9.07 Å². The van der Waals surface area contributed by atoms with Crippen LogP contribution in [0.2, 0.25) is 0 Å². The highest BCUT2D eigenvalue weighted by Crippen LogP contribution is 2.41. The van der Waals surface area contributed by atoms with Gasteiger partial charge < -0.3 is 14.8 Å². The summed E-state index contributed by atoms with van der Waals surface area (Å²) in [5.41, 5.74) is 3.35. The molecule has 0 radical (unpaired) electrons. The molecule has 2 aromatic carbocycles. The third-order valence-electron chi connectivity index (χ3n) is 5.91. The highest BCUT2D eigenvalue weighted by atomic mass is 19.1. The van der Waals surface area contributed by atoms with Gasteiger partial charge in [0.05, 0.1) is 44.3 Å². The first-order chi connectivity index (χ1) is 15.3. The van der Waals surface area contributed by atoms with E-state index < -0.39 is 0 Å². The van der Waals surface area contributed by atoms with E-state index in [1.54, 1.807) is 43.3 Å². The van der Waals surface area contributed by atoms with Crippen molar-refractivity contribution in [3.8, 4) is 17.2 Å². The van der Waals surface area contributed by atoms with Crippen molar-refractivity contribution in [2.24, 2.45) is 5.41 Å². The standard InChI is InChI=1S/C25H28FN3O3/c1-25(2)13-21(28-24(30)11-16-10-19(31-3)8-9-23(16)32-4)20-15-27-29(22(20)14-25)18-7-5-6-17(26)12-18/h5-10,12,15,21H,11,13-14H2,1-4H3,(H,28,30)/t21-/m1/s1. The number of carbonyl (C=O) groups excluding carboxylic acids is 1. The lowest BCUT2D eigenvalue weighted by Gasteiger charge is -2.36. The number of hydrogen-bond donors (Lipinski definition) is 1. The Balaban J connectivity index is 1.60. The van der Waals surface area contributed by atoms with Gasteiger partial charge in [0.1, 0.15) is 17.3 Å².